The predicted octanol–water partition coefficient (Wildman–Crippen LogP) is 3.20. The molecule has 0 radical (unpaired) electrons. The minimum absolute atomic E-state index is 0.667. The molecule has 0 fully saturated rings. The van der Waals surface area contributed by atoms with Gasteiger partial charge in [0.05, 0.1) is 13.2 Å². The molecule has 1 aromatic rings. The lowest BCUT2D eigenvalue weighted by molar-refractivity contribution is 0.0764. The van der Waals surface area contributed by atoms with Crippen LogP contribution in [0, 0.1) is 0 Å². The van der Waals surface area contributed by atoms with Crippen LogP contribution < -0.4 is 4.74 Å². The van der Waals surface area contributed by atoms with Crippen molar-refractivity contribution in [3.05, 3.63) is 28.7 Å². The minimum Gasteiger partial charge on any atom is -0.492 e. The van der Waals surface area contributed by atoms with Crippen molar-refractivity contribution in [1.82, 2.24) is 4.90 Å². The molecule has 0 heterocycles. The van der Waals surface area contributed by atoms with E-state index in [0.29, 0.717) is 6.61 Å². The van der Waals surface area contributed by atoms with E-state index in [9.17, 15) is 0 Å². The number of rotatable bonds is 12. The predicted molar refractivity (Wildman–Crippen MR) is 89.1 cm³/mol. The lowest BCUT2D eigenvalue weighted by Crippen LogP contribution is -2.34. The van der Waals surface area contributed by atoms with Gasteiger partial charge in [0.2, 0.25) is 0 Å². The highest BCUT2D eigenvalue weighted by atomic mass is 79.9. The van der Waals surface area contributed by atoms with Gasteiger partial charge in [-0.2, -0.15) is 0 Å². The Morgan fingerprint density at radius 1 is 0.857 bits per heavy atom. The number of benzene rings is 1. The topological polar surface area (TPSA) is 30.9 Å². The van der Waals surface area contributed by atoms with Crippen molar-refractivity contribution in [3.8, 4) is 5.75 Å². The summed E-state index contributed by atoms with van der Waals surface area (Å²) in [4.78, 5) is 2.31. The molecule has 0 atom stereocenters. The van der Waals surface area contributed by atoms with Gasteiger partial charge in [0.1, 0.15) is 12.4 Å². The fourth-order valence-corrected chi connectivity index (χ4v) is 2.10. The van der Waals surface area contributed by atoms with Crippen molar-refractivity contribution in [2.75, 3.05) is 52.7 Å². The number of halogens is 1. The summed E-state index contributed by atoms with van der Waals surface area (Å²) in [5, 5.41) is 0. The molecule has 5 heteroatoms. The van der Waals surface area contributed by atoms with Crippen molar-refractivity contribution >= 4 is 15.9 Å². The second-order valence-electron chi connectivity index (χ2n) is 4.54. The van der Waals surface area contributed by atoms with Crippen molar-refractivity contribution in [3.63, 3.8) is 0 Å². The molecule has 4 nitrogen and oxygen atoms in total. The standard InChI is InChI=1S/C16H26BrNO3/c1-3-19-12-9-18(10-13-20-4-2)11-14-21-16-7-5-15(17)6-8-16/h5-8H,3-4,9-14H2,1-2H3. The molecule has 0 spiro atoms. The number of nitrogens with zero attached hydrogens (tertiary/aromatic N) is 1. The van der Waals surface area contributed by atoms with Gasteiger partial charge in [-0.25, -0.2) is 0 Å². The molecular weight excluding hydrogens is 334 g/mol. The largest absolute Gasteiger partial charge is 0.492 e. The second-order valence-corrected chi connectivity index (χ2v) is 5.45. The molecule has 0 N–H and O–H groups in total. The number of ether oxygens (including phenoxy) is 3. The maximum Gasteiger partial charge on any atom is 0.119 e. The highest BCUT2D eigenvalue weighted by Gasteiger charge is 2.05. The Kier molecular flexibility index (Phi) is 10.5. The maximum absolute atomic E-state index is 5.76. The highest BCUT2D eigenvalue weighted by Crippen LogP contribution is 2.15. The lowest BCUT2D eigenvalue weighted by Gasteiger charge is -2.22. The van der Waals surface area contributed by atoms with E-state index in [1.807, 2.05) is 38.1 Å². The SMILES string of the molecule is CCOCCN(CCOCC)CCOc1ccc(Br)cc1. The zero-order valence-corrected chi connectivity index (χ0v) is 14.6. The van der Waals surface area contributed by atoms with Gasteiger partial charge in [-0.3, -0.25) is 4.90 Å². The zero-order chi connectivity index (χ0) is 15.3. The molecule has 0 aliphatic rings. The van der Waals surface area contributed by atoms with Crippen LogP contribution in [0.2, 0.25) is 0 Å². The van der Waals surface area contributed by atoms with Gasteiger partial charge in [0, 0.05) is 37.3 Å². The van der Waals surface area contributed by atoms with Gasteiger partial charge in [-0.15, -0.1) is 0 Å². The molecule has 0 bridgehead atoms. The summed E-state index contributed by atoms with van der Waals surface area (Å²) in [5.74, 6) is 0.896. The summed E-state index contributed by atoms with van der Waals surface area (Å²) in [6.45, 7) is 10.4. The first kappa shape index (κ1) is 18.4. The van der Waals surface area contributed by atoms with Gasteiger partial charge in [0.25, 0.3) is 0 Å². The molecule has 0 unspecified atom stereocenters. The van der Waals surface area contributed by atoms with E-state index in [0.717, 1.165) is 56.3 Å². The minimum atomic E-state index is 0.667. The molecule has 21 heavy (non-hydrogen) atoms. The monoisotopic (exact) mass is 359 g/mol. The van der Waals surface area contributed by atoms with Crippen LogP contribution in [-0.2, 0) is 9.47 Å². The van der Waals surface area contributed by atoms with Crippen LogP contribution in [0.25, 0.3) is 0 Å². The van der Waals surface area contributed by atoms with Crippen LogP contribution in [-0.4, -0.2) is 57.6 Å². The third kappa shape index (κ3) is 9.09. The first-order valence-corrected chi connectivity index (χ1v) is 8.31. The van der Waals surface area contributed by atoms with Crippen molar-refractivity contribution in [2.45, 2.75) is 13.8 Å². The Morgan fingerprint density at radius 2 is 1.38 bits per heavy atom. The van der Waals surface area contributed by atoms with E-state index in [-0.39, 0.29) is 0 Å². The molecule has 0 aliphatic heterocycles. The Bertz CT molecular complexity index is 349. The van der Waals surface area contributed by atoms with Crippen molar-refractivity contribution < 1.29 is 14.2 Å². The Morgan fingerprint density at radius 3 is 1.90 bits per heavy atom. The molecule has 0 saturated heterocycles. The third-order valence-corrected chi connectivity index (χ3v) is 3.53. The summed E-state index contributed by atoms with van der Waals surface area (Å²) in [7, 11) is 0. The zero-order valence-electron chi connectivity index (χ0n) is 13.0. The maximum atomic E-state index is 5.76. The first-order valence-electron chi connectivity index (χ1n) is 7.52. The Labute approximate surface area is 136 Å². The first-order chi connectivity index (χ1) is 10.3. The van der Waals surface area contributed by atoms with E-state index in [2.05, 4.69) is 20.8 Å². The van der Waals surface area contributed by atoms with Gasteiger partial charge in [0.15, 0.2) is 0 Å². The van der Waals surface area contributed by atoms with Crippen LogP contribution in [0.15, 0.2) is 28.7 Å². The number of hydrogen-bond donors (Lipinski definition) is 0. The quantitative estimate of drug-likeness (QED) is 0.536. The number of hydrogen-bond acceptors (Lipinski definition) is 4. The van der Waals surface area contributed by atoms with Crippen LogP contribution in [0.4, 0.5) is 0 Å². The van der Waals surface area contributed by atoms with Gasteiger partial charge >= 0.3 is 0 Å². The second kappa shape index (κ2) is 12.0. The highest BCUT2D eigenvalue weighted by molar-refractivity contribution is 9.10. The summed E-state index contributed by atoms with van der Waals surface area (Å²) < 4.78 is 17.7. The van der Waals surface area contributed by atoms with Gasteiger partial charge < -0.3 is 14.2 Å². The molecule has 120 valence electrons. The van der Waals surface area contributed by atoms with Crippen LogP contribution in [0.5, 0.6) is 5.75 Å². The fourth-order valence-electron chi connectivity index (χ4n) is 1.83. The van der Waals surface area contributed by atoms with E-state index in [1.165, 1.54) is 0 Å². The van der Waals surface area contributed by atoms with Gasteiger partial charge in [-0.1, -0.05) is 15.9 Å². The average molecular weight is 360 g/mol. The van der Waals surface area contributed by atoms with Gasteiger partial charge in [-0.05, 0) is 38.1 Å². The molecule has 0 aliphatic carbocycles. The molecular formula is C16H26BrNO3. The van der Waals surface area contributed by atoms with Crippen molar-refractivity contribution in [2.24, 2.45) is 0 Å². The Hall–Kier alpha value is -0.620. The van der Waals surface area contributed by atoms with E-state index in [1.54, 1.807) is 0 Å². The fraction of sp³-hybridized carbons (Fsp3) is 0.625. The van der Waals surface area contributed by atoms with Crippen LogP contribution in [0.3, 0.4) is 0 Å². The van der Waals surface area contributed by atoms with E-state index < -0.39 is 0 Å². The average Bonchev–Trinajstić information content (AvgIpc) is 2.49. The molecule has 0 saturated carbocycles. The molecule has 0 aromatic heterocycles. The molecule has 0 amide bonds. The summed E-state index contributed by atoms with van der Waals surface area (Å²) in [6, 6.07) is 7.90. The molecule has 1 rings (SSSR count). The normalized spacial score (nSPS) is 11.0. The summed E-state index contributed by atoms with van der Waals surface area (Å²) in [6.07, 6.45) is 0. The van der Waals surface area contributed by atoms with Crippen molar-refractivity contribution in [1.29, 1.82) is 0 Å². The summed E-state index contributed by atoms with van der Waals surface area (Å²) >= 11 is 3.42. The molecule has 1 aromatic carbocycles. The third-order valence-electron chi connectivity index (χ3n) is 3.00. The Balaban J connectivity index is 2.27. The van der Waals surface area contributed by atoms with Crippen LogP contribution in [0.1, 0.15) is 13.8 Å². The van der Waals surface area contributed by atoms with E-state index in [4.69, 9.17) is 14.2 Å². The smallest absolute Gasteiger partial charge is 0.119 e. The summed E-state index contributed by atoms with van der Waals surface area (Å²) in [5.41, 5.74) is 0. The lowest BCUT2D eigenvalue weighted by atomic mass is 10.3. The van der Waals surface area contributed by atoms with E-state index >= 15 is 0 Å². The van der Waals surface area contributed by atoms with Crippen LogP contribution >= 0.6 is 15.9 Å².